The third kappa shape index (κ3) is 1.67. The van der Waals surface area contributed by atoms with E-state index in [1.54, 1.807) is 0 Å². The molecule has 0 bridgehead atoms. The van der Waals surface area contributed by atoms with E-state index in [1.165, 1.54) is 38.9 Å². The number of benzene rings is 2. The number of hydrogen-bond acceptors (Lipinski definition) is 1. The van der Waals surface area contributed by atoms with Gasteiger partial charge in [0.1, 0.15) is 5.75 Å². The fraction of sp³-hybridized carbons (Fsp3) is 0.300. The lowest BCUT2D eigenvalue weighted by Crippen LogP contribution is -1.92. The van der Waals surface area contributed by atoms with Crippen LogP contribution in [0, 0.1) is 13.8 Å². The second kappa shape index (κ2) is 4.39. The van der Waals surface area contributed by atoms with E-state index in [1.807, 2.05) is 13.8 Å². The van der Waals surface area contributed by atoms with Crippen molar-refractivity contribution in [1.29, 1.82) is 0 Å². The Bertz CT molecular complexity index is 915. The van der Waals surface area contributed by atoms with Crippen molar-refractivity contribution in [3.05, 3.63) is 52.1 Å². The Morgan fingerprint density at radius 2 is 1.86 bits per heavy atom. The van der Waals surface area contributed by atoms with Crippen molar-refractivity contribution < 1.29 is 5.11 Å². The van der Waals surface area contributed by atoms with Gasteiger partial charge in [0.05, 0.1) is 5.69 Å². The van der Waals surface area contributed by atoms with Gasteiger partial charge >= 0.3 is 0 Å². The van der Waals surface area contributed by atoms with Gasteiger partial charge in [0.2, 0.25) is 0 Å². The summed E-state index contributed by atoms with van der Waals surface area (Å²) in [6, 6.07) is 8.85. The molecule has 0 atom stereocenters. The molecule has 1 aliphatic carbocycles. The molecule has 1 aromatic heterocycles. The molecule has 1 aliphatic rings. The molecule has 112 valence electrons. The third-order valence-corrected chi connectivity index (χ3v) is 5.09. The minimum Gasteiger partial charge on any atom is -0.507 e. The van der Waals surface area contributed by atoms with E-state index in [0.717, 1.165) is 17.5 Å². The highest BCUT2D eigenvalue weighted by molar-refractivity contribution is 5.95. The van der Waals surface area contributed by atoms with E-state index in [9.17, 15) is 5.11 Å². The molecule has 0 unspecified atom stereocenters. The highest BCUT2D eigenvalue weighted by Crippen LogP contribution is 2.45. The van der Waals surface area contributed by atoms with Crippen LogP contribution in [0.5, 0.6) is 5.75 Å². The van der Waals surface area contributed by atoms with E-state index in [2.05, 4.69) is 43.1 Å². The molecule has 0 saturated heterocycles. The fourth-order valence-electron chi connectivity index (χ4n) is 3.68. The summed E-state index contributed by atoms with van der Waals surface area (Å²) in [5.74, 6) is 0.975. The smallest absolute Gasteiger partial charge is 0.121 e. The summed E-state index contributed by atoms with van der Waals surface area (Å²) >= 11 is 0. The topological polar surface area (TPSA) is 36.0 Å². The predicted octanol–water partition coefficient (Wildman–Crippen LogP) is 5.18. The second-order valence-electron chi connectivity index (χ2n) is 6.81. The summed E-state index contributed by atoms with van der Waals surface area (Å²) in [7, 11) is 0. The summed E-state index contributed by atoms with van der Waals surface area (Å²) in [6.07, 6.45) is 0.909. The van der Waals surface area contributed by atoms with Crippen molar-refractivity contribution in [1.82, 2.24) is 4.98 Å². The quantitative estimate of drug-likeness (QED) is 0.498. The molecule has 3 aromatic rings. The van der Waals surface area contributed by atoms with Crippen molar-refractivity contribution in [2.24, 2.45) is 0 Å². The predicted molar refractivity (Wildman–Crippen MR) is 91.8 cm³/mol. The van der Waals surface area contributed by atoms with E-state index in [4.69, 9.17) is 0 Å². The second-order valence-corrected chi connectivity index (χ2v) is 6.81. The number of aromatic hydroxyl groups is 1. The van der Waals surface area contributed by atoms with Gasteiger partial charge in [0.15, 0.2) is 0 Å². The fourth-order valence-corrected chi connectivity index (χ4v) is 3.68. The zero-order valence-corrected chi connectivity index (χ0v) is 13.5. The van der Waals surface area contributed by atoms with Crippen LogP contribution in [0.2, 0.25) is 0 Å². The lowest BCUT2D eigenvalue weighted by atomic mass is 9.98. The van der Waals surface area contributed by atoms with Crippen LogP contribution in [0.15, 0.2) is 24.3 Å². The van der Waals surface area contributed by atoms with Crippen LogP contribution in [0.1, 0.15) is 47.6 Å². The van der Waals surface area contributed by atoms with E-state index in [-0.39, 0.29) is 0 Å². The van der Waals surface area contributed by atoms with Crippen molar-refractivity contribution in [3.8, 4) is 17.0 Å². The molecule has 0 saturated carbocycles. The lowest BCUT2D eigenvalue weighted by Gasteiger charge is -2.10. The summed E-state index contributed by atoms with van der Waals surface area (Å²) in [5, 5.41) is 11.5. The average Bonchev–Trinajstić information content (AvgIpc) is 3.01. The number of aryl methyl sites for hydroxylation is 1. The molecule has 22 heavy (non-hydrogen) atoms. The number of nitrogens with one attached hydrogen (secondary N) is 1. The third-order valence-electron chi connectivity index (χ3n) is 5.09. The number of hydrogen-bond donors (Lipinski definition) is 2. The summed E-state index contributed by atoms with van der Waals surface area (Å²) in [6.45, 7) is 8.46. The minimum atomic E-state index is 0.441. The first-order valence-corrected chi connectivity index (χ1v) is 7.94. The molecule has 1 heterocycles. The summed E-state index contributed by atoms with van der Waals surface area (Å²) < 4.78 is 0. The van der Waals surface area contributed by atoms with Gasteiger partial charge in [-0.1, -0.05) is 19.9 Å². The number of H-pyrrole nitrogens is 1. The van der Waals surface area contributed by atoms with Crippen LogP contribution in [-0.4, -0.2) is 10.1 Å². The molecular weight excluding hydrogens is 270 g/mol. The van der Waals surface area contributed by atoms with Gasteiger partial charge in [-0.2, -0.15) is 0 Å². The molecular formula is C20H21NO. The van der Waals surface area contributed by atoms with Crippen molar-refractivity contribution in [3.63, 3.8) is 0 Å². The van der Waals surface area contributed by atoms with E-state index in [0.29, 0.717) is 11.7 Å². The van der Waals surface area contributed by atoms with Crippen molar-refractivity contribution in [2.75, 3.05) is 0 Å². The highest BCUT2D eigenvalue weighted by Gasteiger charge is 2.26. The van der Waals surface area contributed by atoms with Crippen LogP contribution in [0.3, 0.4) is 0 Å². The van der Waals surface area contributed by atoms with Crippen molar-refractivity contribution in [2.45, 2.75) is 40.0 Å². The van der Waals surface area contributed by atoms with E-state index < -0.39 is 0 Å². The van der Waals surface area contributed by atoms with E-state index >= 15 is 0 Å². The first-order chi connectivity index (χ1) is 10.5. The SMILES string of the molecule is Cc1cc2c(c(C)c1O)Cc1c-2[nH]c2ccc(C(C)C)cc12. The average molecular weight is 291 g/mol. The molecule has 2 heteroatoms. The Labute approximate surface area is 130 Å². The van der Waals surface area contributed by atoms with Crippen LogP contribution >= 0.6 is 0 Å². The monoisotopic (exact) mass is 291 g/mol. The van der Waals surface area contributed by atoms with Crippen LogP contribution in [0.4, 0.5) is 0 Å². The molecule has 0 fully saturated rings. The maximum absolute atomic E-state index is 10.2. The molecule has 0 radical (unpaired) electrons. The van der Waals surface area contributed by atoms with Crippen LogP contribution in [-0.2, 0) is 6.42 Å². The molecule has 2 nitrogen and oxygen atoms in total. The maximum Gasteiger partial charge on any atom is 0.121 e. The number of fused-ring (bicyclic) bond motifs is 5. The molecule has 0 spiro atoms. The molecule has 2 N–H and O–H groups in total. The van der Waals surface area contributed by atoms with Crippen LogP contribution in [0.25, 0.3) is 22.2 Å². The molecule has 0 aliphatic heterocycles. The van der Waals surface area contributed by atoms with Gasteiger partial charge in [-0.15, -0.1) is 0 Å². The number of rotatable bonds is 1. The first kappa shape index (κ1) is 13.4. The number of aromatic nitrogens is 1. The Balaban J connectivity index is 1.99. The van der Waals surface area contributed by atoms with Crippen LogP contribution < -0.4 is 0 Å². The first-order valence-electron chi connectivity index (χ1n) is 7.94. The van der Waals surface area contributed by atoms with Gasteiger partial charge < -0.3 is 10.1 Å². The van der Waals surface area contributed by atoms with Gasteiger partial charge in [-0.3, -0.25) is 0 Å². The Hall–Kier alpha value is -2.22. The standard InChI is InChI=1S/C20H21NO/c1-10(2)13-5-6-18-15(8-13)17-9-14-12(4)20(22)11(3)7-16(14)19(17)21-18/h5-8,10,21-22H,9H2,1-4H3. The van der Waals surface area contributed by atoms with Gasteiger partial charge in [-0.05, 0) is 65.8 Å². The molecule has 0 amide bonds. The highest BCUT2D eigenvalue weighted by atomic mass is 16.3. The minimum absolute atomic E-state index is 0.441. The number of phenols is 1. The zero-order chi connectivity index (χ0) is 15.6. The van der Waals surface area contributed by atoms with Gasteiger partial charge in [0, 0.05) is 22.9 Å². The maximum atomic E-state index is 10.2. The normalized spacial score (nSPS) is 13.0. The molecule has 4 rings (SSSR count). The number of phenolic OH excluding ortho intramolecular Hbond substituents is 1. The largest absolute Gasteiger partial charge is 0.507 e. The zero-order valence-electron chi connectivity index (χ0n) is 13.5. The number of aromatic amines is 1. The van der Waals surface area contributed by atoms with Gasteiger partial charge in [-0.25, -0.2) is 0 Å². The van der Waals surface area contributed by atoms with Crippen molar-refractivity contribution >= 4 is 10.9 Å². The summed E-state index contributed by atoms with van der Waals surface area (Å²) in [4.78, 5) is 3.59. The molecule has 2 aromatic carbocycles. The Morgan fingerprint density at radius 3 is 2.59 bits per heavy atom. The van der Waals surface area contributed by atoms with Gasteiger partial charge in [0.25, 0.3) is 0 Å². The Morgan fingerprint density at radius 1 is 1.09 bits per heavy atom. The Kier molecular flexibility index (Phi) is 2.68. The lowest BCUT2D eigenvalue weighted by molar-refractivity contribution is 0.466. The summed E-state index contributed by atoms with van der Waals surface area (Å²) in [5.41, 5.74) is 9.69.